The Balaban J connectivity index is 1.48. The highest BCUT2D eigenvalue weighted by Gasteiger charge is 2.33. The third kappa shape index (κ3) is 5.13. The van der Waals surface area contributed by atoms with E-state index >= 15 is 0 Å². The molecule has 3 aliphatic rings. The molecule has 0 aliphatic carbocycles. The molecule has 2 atom stereocenters. The minimum atomic E-state index is -4.21. The van der Waals surface area contributed by atoms with E-state index in [0.29, 0.717) is 36.0 Å². The van der Waals surface area contributed by atoms with Gasteiger partial charge in [0, 0.05) is 37.2 Å². The van der Waals surface area contributed by atoms with Crippen molar-refractivity contribution in [2.45, 2.75) is 58.7 Å². The number of carbonyl (C=O) groups is 1. The molecule has 2 unspecified atom stereocenters. The highest BCUT2D eigenvalue weighted by Crippen LogP contribution is 2.37. The van der Waals surface area contributed by atoms with Crippen LogP contribution >= 0.6 is 0 Å². The van der Waals surface area contributed by atoms with Gasteiger partial charge < -0.3 is 14.0 Å². The number of benzene rings is 3. The predicted octanol–water partition coefficient (Wildman–Crippen LogP) is 4.61. The molecule has 4 aromatic rings. The number of hydrogen-bond acceptors (Lipinski definition) is 7. The Labute approximate surface area is 236 Å². The molecular formula is C29H29FN4O6S. The normalized spacial score (nSPS) is 20.1. The van der Waals surface area contributed by atoms with Crippen molar-refractivity contribution < 1.29 is 31.6 Å². The van der Waals surface area contributed by atoms with Gasteiger partial charge in [-0.1, -0.05) is 29.5 Å². The van der Waals surface area contributed by atoms with Crippen LogP contribution in [0.15, 0.2) is 42.5 Å². The van der Waals surface area contributed by atoms with Crippen LogP contribution in [0.2, 0.25) is 0 Å². The maximum Gasteiger partial charge on any atom is 0.385 e. The number of halogens is 1. The number of aliphatic carboxylic acids is 1. The van der Waals surface area contributed by atoms with Gasteiger partial charge in [0.1, 0.15) is 5.52 Å². The summed E-state index contributed by atoms with van der Waals surface area (Å²) in [7, 11) is -4.21. The molecule has 7 rings (SSSR count). The topological polar surface area (TPSA) is 124 Å². The standard InChI is InChI=1S/C29H29FN4O6S/c1-17-5-6-19-11-20(17)15-33-16-21-12-27(24(30)14-26(21)40-41(33,37)38)39-10-4-3-9-34-25-8-7-22(23(19)13-28(35)36)18(2)29(25)31-32-34/h5-8,11-12,14,23H,3-4,9-10,13,15-16H2,1-2H3,(H,35,36). The fraction of sp³-hybridized carbons (Fsp3) is 0.345. The van der Waals surface area contributed by atoms with Gasteiger partial charge in [-0.25, -0.2) is 9.07 Å². The summed E-state index contributed by atoms with van der Waals surface area (Å²) >= 11 is 0. The molecule has 0 radical (unpaired) electrons. The summed E-state index contributed by atoms with van der Waals surface area (Å²) in [5.41, 5.74) is 5.97. The number of fused-ring (bicyclic) bond motifs is 5. The minimum Gasteiger partial charge on any atom is -0.491 e. The van der Waals surface area contributed by atoms with Crippen LogP contribution in [0.25, 0.3) is 11.0 Å². The van der Waals surface area contributed by atoms with E-state index < -0.39 is 28.0 Å². The largest absolute Gasteiger partial charge is 0.491 e. The summed E-state index contributed by atoms with van der Waals surface area (Å²) in [5.74, 6) is -2.18. The third-order valence-electron chi connectivity index (χ3n) is 7.85. The summed E-state index contributed by atoms with van der Waals surface area (Å²) in [6, 6.07) is 12.0. The molecule has 214 valence electrons. The number of ether oxygens (including phenoxy) is 1. The highest BCUT2D eigenvalue weighted by molar-refractivity contribution is 7.84. The van der Waals surface area contributed by atoms with Crippen molar-refractivity contribution in [3.8, 4) is 11.5 Å². The van der Waals surface area contributed by atoms with Crippen LogP contribution in [0.3, 0.4) is 0 Å². The van der Waals surface area contributed by atoms with Crippen LogP contribution in [0.4, 0.5) is 4.39 Å². The second kappa shape index (κ2) is 10.4. The zero-order valence-corrected chi connectivity index (χ0v) is 23.4. The Morgan fingerprint density at radius 2 is 1.88 bits per heavy atom. The first-order valence-electron chi connectivity index (χ1n) is 13.4. The maximum absolute atomic E-state index is 14.8. The first-order chi connectivity index (χ1) is 19.6. The Bertz CT molecular complexity index is 1790. The van der Waals surface area contributed by atoms with Crippen molar-refractivity contribution in [2.75, 3.05) is 6.61 Å². The van der Waals surface area contributed by atoms with Crippen molar-refractivity contribution >= 4 is 27.3 Å². The van der Waals surface area contributed by atoms with E-state index in [4.69, 9.17) is 8.92 Å². The van der Waals surface area contributed by atoms with E-state index in [9.17, 15) is 22.7 Å². The fourth-order valence-corrected chi connectivity index (χ4v) is 6.66. The van der Waals surface area contributed by atoms with Crippen molar-refractivity contribution in [3.05, 3.63) is 81.7 Å². The van der Waals surface area contributed by atoms with Gasteiger partial charge in [0.2, 0.25) is 0 Å². The lowest BCUT2D eigenvalue weighted by molar-refractivity contribution is -0.137. The molecule has 1 N–H and O–H groups in total. The molecule has 0 saturated carbocycles. The van der Waals surface area contributed by atoms with Gasteiger partial charge >= 0.3 is 16.3 Å². The van der Waals surface area contributed by atoms with Gasteiger partial charge in [-0.2, -0.15) is 12.7 Å². The lowest BCUT2D eigenvalue weighted by Crippen LogP contribution is -2.37. The Morgan fingerprint density at radius 1 is 1.07 bits per heavy atom. The molecule has 3 aliphatic heterocycles. The molecule has 0 fully saturated rings. The smallest absolute Gasteiger partial charge is 0.385 e. The van der Waals surface area contributed by atoms with Gasteiger partial charge in [-0.05, 0) is 66.6 Å². The maximum atomic E-state index is 14.8. The quantitative estimate of drug-likeness (QED) is 0.365. The molecule has 0 amide bonds. The van der Waals surface area contributed by atoms with Crippen LogP contribution in [0.5, 0.6) is 11.5 Å². The molecular weight excluding hydrogens is 551 g/mol. The van der Waals surface area contributed by atoms with Crippen LogP contribution in [-0.4, -0.2) is 45.4 Å². The zero-order valence-electron chi connectivity index (χ0n) is 22.6. The first-order valence-corrected chi connectivity index (χ1v) is 14.8. The molecule has 0 spiro atoms. The lowest BCUT2D eigenvalue weighted by Gasteiger charge is -2.29. The molecule has 10 nitrogen and oxygen atoms in total. The van der Waals surface area contributed by atoms with E-state index in [1.165, 1.54) is 10.4 Å². The number of rotatable bonds is 2. The number of aromatic nitrogens is 3. The highest BCUT2D eigenvalue weighted by atomic mass is 32.2. The Hall–Kier alpha value is -4.03. The Morgan fingerprint density at radius 3 is 2.68 bits per heavy atom. The second-order valence-electron chi connectivity index (χ2n) is 10.6. The van der Waals surface area contributed by atoms with E-state index in [-0.39, 0.29) is 37.6 Å². The number of carboxylic acid groups (broad SMARTS) is 1. The fourth-order valence-electron chi connectivity index (χ4n) is 5.58. The van der Waals surface area contributed by atoms with E-state index in [0.717, 1.165) is 33.8 Å². The van der Waals surface area contributed by atoms with Gasteiger partial charge in [0.25, 0.3) is 0 Å². The van der Waals surface area contributed by atoms with Crippen LogP contribution < -0.4 is 8.92 Å². The Kier molecular flexibility index (Phi) is 6.90. The zero-order chi connectivity index (χ0) is 28.9. The molecule has 4 heterocycles. The van der Waals surface area contributed by atoms with Crippen molar-refractivity contribution in [1.29, 1.82) is 0 Å². The summed E-state index contributed by atoms with van der Waals surface area (Å²) in [6.07, 6.45) is 1.17. The van der Waals surface area contributed by atoms with E-state index in [1.807, 2.05) is 48.9 Å². The SMILES string of the molecule is Cc1ccc2cc1CN1Cc3cc(c(F)cc3OS1(=O)=O)OCCCCn1nnc3c(C)c(ccc31)C2CC(=O)O. The second-order valence-corrected chi connectivity index (χ2v) is 12.1. The van der Waals surface area contributed by atoms with E-state index in [1.54, 1.807) is 0 Å². The minimum absolute atomic E-state index is 0.0127. The van der Waals surface area contributed by atoms with Gasteiger partial charge in [0.15, 0.2) is 17.3 Å². The summed E-state index contributed by atoms with van der Waals surface area (Å²) in [4.78, 5) is 12.0. The van der Waals surface area contributed by atoms with Gasteiger partial charge in [0.05, 0.1) is 18.5 Å². The third-order valence-corrected chi connectivity index (χ3v) is 9.13. The predicted molar refractivity (Wildman–Crippen MR) is 147 cm³/mol. The molecule has 3 aromatic carbocycles. The lowest BCUT2D eigenvalue weighted by atomic mass is 9.84. The van der Waals surface area contributed by atoms with Gasteiger partial charge in [-0.15, -0.1) is 5.10 Å². The summed E-state index contributed by atoms with van der Waals surface area (Å²) < 4.78 is 54.9. The first kappa shape index (κ1) is 27.2. The molecule has 0 saturated heterocycles. The van der Waals surface area contributed by atoms with Crippen molar-refractivity contribution in [2.24, 2.45) is 0 Å². The van der Waals surface area contributed by atoms with Crippen molar-refractivity contribution in [1.82, 2.24) is 19.3 Å². The average Bonchev–Trinajstić information content (AvgIpc) is 3.33. The molecule has 12 heteroatoms. The molecule has 41 heavy (non-hydrogen) atoms. The number of nitrogens with zero attached hydrogens (tertiary/aromatic N) is 4. The van der Waals surface area contributed by atoms with Crippen LogP contribution in [0.1, 0.15) is 58.6 Å². The van der Waals surface area contributed by atoms with E-state index in [2.05, 4.69) is 10.3 Å². The molecule has 9 bridgehead atoms. The van der Waals surface area contributed by atoms with Gasteiger partial charge in [-0.3, -0.25) is 4.79 Å². The number of aryl methyl sites for hydroxylation is 3. The number of hydrogen-bond donors (Lipinski definition) is 1. The average molecular weight is 581 g/mol. The summed E-state index contributed by atoms with van der Waals surface area (Å²) in [5, 5.41) is 18.6. The number of carboxylic acids is 1. The molecule has 1 aromatic heterocycles. The monoisotopic (exact) mass is 580 g/mol. The van der Waals surface area contributed by atoms with Crippen LogP contribution in [0, 0.1) is 19.7 Å². The van der Waals surface area contributed by atoms with Crippen molar-refractivity contribution in [3.63, 3.8) is 0 Å². The van der Waals surface area contributed by atoms with Crippen LogP contribution in [-0.2, 0) is 34.7 Å². The summed E-state index contributed by atoms with van der Waals surface area (Å²) in [6.45, 7) is 4.58.